The highest BCUT2D eigenvalue weighted by molar-refractivity contribution is 5.80. The third-order valence-electron chi connectivity index (χ3n) is 3.84. The molecular weight excluding hydrogens is 268 g/mol. The summed E-state index contributed by atoms with van der Waals surface area (Å²) in [7, 11) is 0. The quantitative estimate of drug-likeness (QED) is 0.867. The minimum atomic E-state index is -3.13. The van der Waals surface area contributed by atoms with Gasteiger partial charge in [-0.2, -0.15) is 8.78 Å². The number of alkyl halides is 2. The number of nitrogens with zero attached hydrogens (tertiary/aromatic N) is 1. The maximum Gasteiger partial charge on any atom is 0.315 e. The summed E-state index contributed by atoms with van der Waals surface area (Å²) in [6, 6.07) is 6.30. The number of carbonyl (C=O) groups is 1. The summed E-state index contributed by atoms with van der Waals surface area (Å²) in [6.45, 7) is 1.30. The van der Waals surface area contributed by atoms with E-state index in [1.54, 1.807) is 12.1 Å². The summed E-state index contributed by atoms with van der Waals surface area (Å²) < 4.78 is 25.1. The summed E-state index contributed by atoms with van der Waals surface area (Å²) in [5.41, 5.74) is 1.72. The molecule has 0 bridgehead atoms. The van der Waals surface area contributed by atoms with Crippen molar-refractivity contribution in [2.24, 2.45) is 0 Å². The molecule has 1 aliphatic heterocycles. The molecule has 0 radical (unpaired) electrons. The van der Waals surface area contributed by atoms with Gasteiger partial charge < -0.3 is 15.1 Å². The Morgan fingerprint density at radius 2 is 2.10 bits per heavy atom. The smallest absolute Gasteiger partial charge is 0.315 e. The van der Waals surface area contributed by atoms with Crippen molar-refractivity contribution in [3.8, 4) is 0 Å². The van der Waals surface area contributed by atoms with Crippen LogP contribution in [-0.2, 0) is 4.79 Å². The lowest BCUT2D eigenvalue weighted by Crippen LogP contribution is -2.44. The zero-order valence-electron chi connectivity index (χ0n) is 11.0. The summed E-state index contributed by atoms with van der Waals surface area (Å²) in [6.07, 6.45) is -4.18. The lowest BCUT2D eigenvalue weighted by atomic mass is 9.90. The Morgan fingerprint density at radius 3 is 2.65 bits per heavy atom. The molecule has 1 aromatic rings. The first-order valence-electron chi connectivity index (χ1n) is 6.40. The van der Waals surface area contributed by atoms with E-state index in [0.717, 1.165) is 16.0 Å². The first-order valence-corrected chi connectivity index (χ1v) is 6.40. The van der Waals surface area contributed by atoms with E-state index in [2.05, 4.69) is 0 Å². The van der Waals surface area contributed by atoms with Crippen molar-refractivity contribution >= 4 is 5.91 Å². The van der Waals surface area contributed by atoms with Gasteiger partial charge >= 0.3 is 6.43 Å². The number of carbonyl (C=O) groups excluding carboxylic acids is 1. The number of aryl methyl sites for hydroxylation is 1. The minimum Gasteiger partial charge on any atom is -0.394 e. The van der Waals surface area contributed by atoms with Crippen LogP contribution >= 0.6 is 0 Å². The normalized spacial score (nSPS) is 26.3. The van der Waals surface area contributed by atoms with E-state index >= 15 is 0 Å². The van der Waals surface area contributed by atoms with Crippen LogP contribution in [0, 0.1) is 6.92 Å². The first kappa shape index (κ1) is 14.9. The van der Waals surface area contributed by atoms with E-state index in [0.29, 0.717) is 0 Å². The van der Waals surface area contributed by atoms with Gasteiger partial charge in [0, 0.05) is 12.5 Å². The molecule has 2 rings (SSSR count). The molecule has 1 saturated heterocycles. The number of aliphatic hydroxyl groups is 2. The van der Waals surface area contributed by atoms with Crippen molar-refractivity contribution < 1.29 is 23.8 Å². The number of hydrogen-bond donors (Lipinski definition) is 2. The van der Waals surface area contributed by atoms with E-state index in [1.807, 2.05) is 19.1 Å². The van der Waals surface area contributed by atoms with Gasteiger partial charge in [0.1, 0.15) is 0 Å². The molecule has 1 aromatic carbocycles. The highest BCUT2D eigenvalue weighted by Crippen LogP contribution is 2.34. The van der Waals surface area contributed by atoms with Gasteiger partial charge in [-0.05, 0) is 18.1 Å². The first-order chi connectivity index (χ1) is 9.47. The second kappa shape index (κ2) is 5.85. The third-order valence-corrected chi connectivity index (χ3v) is 3.84. The largest absolute Gasteiger partial charge is 0.394 e. The molecule has 20 heavy (non-hydrogen) atoms. The van der Waals surface area contributed by atoms with Crippen LogP contribution in [0.1, 0.15) is 17.0 Å². The molecule has 0 unspecified atom stereocenters. The predicted octanol–water partition coefficient (Wildman–Crippen LogP) is 0.908. The van der Waals surface area contributed by atoms with Crippen LogP contribution in [0.15, 0.2) is 24.3 Å². The van der Waals surface area contributed by atoms with Gasteiger partial charge in [0.25, 0.3) is 5.91 Å². The molecule has 1 amide bonds. The highest BCUT2D eigenvalue weighted by atomic mass is 19.3. The molecule has 1 fully saturated rings. The molecule has 4 nitrogen and oxygen atoms in total. The van der Waals surface area contributed by atoms with E-state index in [9.17, 15) is 23.8 Å². The molecule has 1 heterocycles. The third kappa shape index (κ3) is 2.53. The number of halogens is 2. The molecule has 0 aliphatic carbocycles. The highest BCUT2D eigenvalue weighted by Gasteiger charge is 2.45. The van der Waals surface area contributed by atoms with Gasteiger partial charge in [0.2, 0.25) is 0 Å². The Morgan fingerprint density at radius 1 is 1.45 bits per heavy atom. The van der Waals surface area contributed by atoms with Crippen LogP contribution in [0.25, 0.3) is 0 Å². The van der Waals surface area contributed by atoms with Gasteiger partial charge in [-0.3, -0.25) is 4.79 Å². The summed E-state index contributed by atoms with van der Waals surface area (Å²) >= 11 is 0. The molecular formula is C14H17F2NO3. The Labute approximate surface area is 115 Å². The van der Waals surface area contributed by atoms with E-state index in [4.69, 9.17) is 0 Å². The average molecular weight is 285 g/mol. The molecule has 1 aliphatic rings. The number of likely N-dealkylation sites (tertiary alicyclic amines) is 1. The number of benzene rings is 1. The standard InChI is InChI=1S/C14H17F2NO3/c1-8-4-2-3-5-9(8)10-6-17(14(20)13(15)16)11(7-18)12(10)19/h2-5,10-13,18-19H,6-7H2,1H3/t10-,11-,12-/m1/s1. The summed E-state index contributed by atoms with van der Waals surface area (Å²) in [5.74, 6) is -1.81. The molecule has 3 atom stereocenters. The monoisotopic (exact) mass is 285 g/mol. The van der Waals surface area contributed by atoms with Crippen LogP contribution in [0.2, 0.25) is 0 Å². The number of hydrogen-bond acceptors (Lipinski definition) is 3. The Bertz CT molecular complexity index is 495. The molecule has 0 aromatic heterocycles. The fraction of sp³-hybridized carbons (Fsp3) is 0.500. The fourth-order valence-electron chi connectivity index (χ4n) is 2.78. The Balaban J connectivity index is 2.30. The van der Waals surface area contributed by atoms with Crippen LogP contribution < -0.4 is 0 Å². The number of amides is 1. The Hall–Kier alpha value is -1.53. The molecule has 0 saturated carbocycles. The van der Waals surface area contributed by atoms with Gasteiger partial charge in [-0.25, -0.2) is 0 Å². The van der Waals surface area contributed by atoms with Crippen molar-refractivity contribution in [2.75, 3.05) is 13.2 Å². The average Bonchev–Trinajstić information content (AvgIpc) is 2.75. The van der Waals surface area contributed by atoms with Gasteiger partial charge in [-0.15, -0.1) is 0 Å². The molecule has 6 heteroatoms. The fourth-order valence-corrected chi connectivity index (χ4v) is 2.78. The summed E-state index contributed by atoms with van der Waals surface area (Å²) in [4.78, 5) is 12.4. The maximum atomic E-state index is 12.6. The lowest BCUT2D eigenvalue weighted by molar-refractivity contribution is -0.145. The van der Waals surface area contributed by atoms with E-state index < -0.39 is 37.0 Å². The SMILES string of the molecule is Cc1ccccc1[C@H]1CN(C(=O)C(F)F)[C@H](CO)[C@@H]1O. The molecule has 110 valence electrons. The van der Waals surface area contributed by atoms with Crippen LogP contribution in [0.5, 0.6) is 0 Å². The van der Waals surface area contributed by atoms with Gasteiger partial charge in [-0.1, -0.05) is 24.3 Å². The van der Waals surface area contributed by atoms with Crippen molar-refractivity contribution in [1.29, 1.82) is 0 Å². The zero-order valence-corrected chi connectivity index (χ0v) is 11.0. The van der Waals surface area contributed by atoms with Crippen LogP contribution in [0.3, 0.4) is 0 Å². The zero-order chi connectivity index (χ0) is 14.9. The topological polar surface area (TPSA) is 60.8 Å². The van der Waals surface area contributed by atoms with Gasteiger partial charge in [0.15, 0.2) is 0 Å². The molecule has 2 N–H and O–H groups in total. The van der Waals surface area contributed by atoms with Crippen LogP contribution in [0.4, 0.5) is 8.78 Å². The van der Waals surface area contributed by atoms with Crippen molar-refractivity contribution in [3.63, 3.8) is 0 Å². The minimum absolute atomic E-state index is 0.0135. The van der Waals surface area contributed by atoms with Gasteiger partial charge in [0.05, 0.1) is 18.8 Å². The number of rotatable bonds is 3. The van der Waals surface area contributed by atoms with Crippen molar-refractivity contribution in [1.82, 2.24) is 4.90 Å². The predicted molar refractivity (Wildman–Crippen MR) is 68.5 cm³/mol. The number of aliphatic hydroxyl groups excluding tert-OH is 2. The second-order valence-electron chi connectivity index (χ2n) is 4.99. The molecule has 0 spiro atoms. The van der Waals surface area contributed by atoms with Crippen LogP contribution in [-0.4, -0.2) is 52.7 Å². The van der Waals surface area contributed by atoms with Crippen molar-refractivity contribution in [3.05, 3.63) is 35.4 Å². The lowest BCUT2D eigenvalue weighted by Gasteiger charge is -2.23. The maximum absolute atomic E-state index is 12.6. The van der Waals surface area contributed by atoms with E-state index in [-0.39, 0.29) is 6.54 Å². The second-order valence-corrected chi connectivity index (χ2v) is 4.99. The Kier molecular flexibility index (Phi) is 4.35. The van der Waals surface area contributed by atoms with Crippen molar-refractivity contribution in [2.45, 2.75) is 31.4 Å². The van der Waals surface area contributed by atoms with E-state index in [1.165, 1.54) is 0 Å². The summed E-state index contributed by atoms with van der Waals surface area (Å²) in [5, 5.41) is 19.5.